The summed E-state index contributed by atoms with van der Waals surface area (Å²) < 4.78 is 5.78. The Bertz CT molecular complexity index is 411. The monoisotopic (exact) mass is 262 g/mol. The molecule has 0 aliphatic heterocycles. The van der Waals surface area contributed by atoms with E-state index < -0.39 is 6.10 Å². The van der Waals surface area contributed by atoms with Crippen LogP contribution in [-0.2, 0) is 0 Å². The van der Waals surface area contributed by atoms with Gasteiger partial charge in [0.1, 0.15) is 5.75 Å². The smallest absolute Gasteiger partial charge is 0.125 e. The Kier molecular flexibility index (Phi) is 4.51. The molecule has 0 bridgehead atoms. The van der Waals surface area contributed by atoms with Gasteiger partial charge < -0.3 is 9.84 Å². The molecule has 1 saturated carbocycles. The number of hydrogen-bond acceptors (Lipinski definition) is 2. The van der Waals surface area contributed by atoms with E-state index in [1.54, 1.807) is 0 Å². The molecule has 0 heterocycles. The Balaban J connectivity index is 2.21. The first kappa shape index (κ1) is 14.4. The van der Waals surface area contributed by atoms with Crippen LogP contribution in [0.1, 0.15) is 58.1 Å². The maximum absolute atomic E-state index is 10.8. The quantitative estimate of drug-likeness (QED) is 0.855. The van der Waals surface area contributed by atoms with Crippen molar-refractivity contribution >= 4 is 0 Å². The number of para-hydroxylation sites is 1. The van der Waals surface area contributed by atoms with Gasteiger partial charge in [0.05, 0.1) is 12.7 Å². The predicted octanol–water partition coefficient (Wildman–Crippen LogP) is 4.34. The third kappa shape index (κ3) is 3.11. The third-order valence-electron chi connectivity index (χ3n) is 4.42. The first-order valence-corrected chi connectivity index (χ1v) is 7.46. The summed E-state index contributed by atoms with van der Waals surface area (Å²) in [6.07, 6.45) is 4.10. The number of rotatable bonds is 5. The van der Waals surface area contributed by atoms with E-state index in [-0.39, 0.29) is 5.41 Å². The summed E-state index contributed by atoms with van der Waals surface area (Å²) in [6.45, 7) is 7.34. The van der Waals surface area contributed by atoms with Gasteiger partial charge in [0.25, 0.3) is 0 Å². The van der Waals surface area contributed by atoms with Crippen molar-refractivity contribution in [2.24, 2.45) is 11.3 Å². The lowest BCUT2D eigenvalue weighted by atomic mass is 9.76. The van der Waals surface area contributed by atoms with E-state index in [1.165, 1.54) is 12.8 Å². The Morgan fingerprint density at radius 3 is 2.74 bits per heavy atom. The van der Waals surface area contributed by atoms with Crippen LogP contribution in [0.3, 0.4) is 0 Å². The highest BCUT2D eigenvalue weighted by Gasteiger charge is 2.40. The molecule has 1 fully saturated rings. The number of aliphatic hydroxyl groups excluding tert-OH is 1. The van der Waals surface area contributed by atoms with Gasteiger partial charge in [-0.1, -0.05) is 45.4 Å². The molecule has 0 spiro atoms. The van der Waals surface area contributed by atoms with Crippen LogP contribution in [0, 0.1) is 11.3 Å². The molecule has 2 heteroatoms. The zero-order chi connectivity index (χ0) is 13.9. The highest BCUT2D eigenvalue weighted by Crippen LogP contribution is 2.49. The molecule has 0 radical (unpaired) electrons. The van der Waals surface area contributed by atoms with E-state index in [4.69, 9.17) is 4.74 Å². The van der Waals surface area contributed by atoms with Gasteiger partial charge in [-0.25, -0.2) is 0 Å². The average Bonchev–Trinajstić information content (AvgIpc) is 2.75. The number of hydrogen-bond donors (Lipinski definition) is 1. The van der Waals surface area contributed by atoms with Crippen molar-refractivity contribution in [3.63, 3.8) is 0 Å². The van der Waals surface area contributed by atoms with Crippen LogP contribution in [0.4, 0.5) is 0 Å². The van der Waals surface area contributed by atoms with Crippen molar-refractivity contribution in [3.05, 3.63) is 29.8 Å². The number of benzene rings is 1. The van der Waals surface area contributed by atoms with Crippen LogP contribution in [0.15, 0.2) is 24.3 Å². The molecule has 2 rings (SSSR count). The first-order valence-electron chi connectivity index (χ1n) is 7.46. The molecule has 1 aliphatic carbocycles. The van der Waals surface area contributed by atoms with Crippen molar-refractivity contribution in [2.75, 3.05) is 6.61 Å². The second kappa shape index (κ2) is 5.96. The van der Waals surface area contributed by atoms with Crippen LogP contribution in [0.25, 0.3) is 0 Å². The molecule has 19 heavy (non-hydrogen) atoms. The average molecular weight is 262 g/mol. The third-order valence-corrected chi connectivity index (χ3v) is 4.42. The van der Waals surface area contributed by atoms with E-state index in [0.29, 0.717) is 12.5 Å². The summed E-state index contributed by atoms with van der Waals surface area (Å²) >= 11 is 0. The largest absolute Gasteiger partial charge is 0.493 e. The molecule has 0 saturated heterocycles. The summed E-state index contributed by atoms with van der Waals surface area (Å²) in [5.41, 5.74) is 1.17. The maximum Gasteiger partial charge on any atom is 0.125 e. The van der Waals surface area contributed by atoms with Crippen LogP contribution in [0.5, 0.6) is 5.75 Å². The molecular weight excluding hydrogens is 236 g/mol. The molecule has 106 valence electrons. The van der Waals surface area contributed by atoms with Gasteiger partial charge in [-0.3, -0.25) is 0 Å². The van der Waals surface area contributed by atoms with E-state index in [1.807, 2.05) is 24.3 Å². The minimum Gasteiger partial charge on any atom is -0.493 e. The van der Waals surface area contributed by atoms with Gasteiger partial charge in [0.2, 0.25) is 0 Å². The van der Waals surface area contributed by atoms with Gasteiger partial charge in [-0.15, -0.1) is 0 Å². The molecule has 2 unspecified atom stereocenters. The number of aliphatic hydroxyl groups is 1. The Morgan fingerprint density at radius 1 is 1.37 bits per heavy atom. The normalized spacial score (nSPS) is 23.3. The summed E-state index contributed by atoms with van der Waals surface area (Å²) in [5, 5.41) is 10.8. The van der Waals surface area contributed by atoms with Gasteiger partial charge in [-0.2, -0.15) is 0 Å². The molecule has 0 aromatic heterocycles. The molecular formula is C17H26O2. The van der Waals surface area contributed by atoms with Gasteiger partial charge in [-0.05, 0) is 36.7 Å². The second-order valence-corrected chi connectivity index (χ2v) is 6.32. The lowest BCUT2D eigenvalue weighted by molar-refractivity contribution is 0.0508. The van der Waals surface area contributed by atoms with Gasteiger partial charge in [0, 0.05) is 5.56 Å². The Morgan fingerprint density at radius 2 is 2.11 bits per heavy atom. The minimum atomic E-state index is -0.412. The first-order chi connectivity index (χ1) is 9.06. The molecule has 2 atom stereocenters. The highest BCUT2D eigenvalue weighted by atomic mass is 16.5. The molecule has 1 N–H and O–H groups in total. The minimum absolute atomic E-state index is 0.220. The Labute approximate surface area is 116 Å². The zero-order valence-corrected chi connectivity index (χ0v) is 12.4. The molecule has 1 aliphatic rings. The lowest BCUT2D eigenvalue weighted by Crippen LogP contribution is -2.24. The topological polar surface area (TPSA) is 29.5 Å². The molecule has 1 aromatic carbocycles. The standard InChI is InChI=1S/C17H26O2/c1-4-12-19-15-10-6-5-8-13(15)16(18)14-9-7-11-17(14,2)3/h5-6,8,10,14,16,18H,4,7,9,11-12H2,1-3H3. The van der Waals surface area contributed by atoms with Crippen molar-refractivity contribution in [1.29, 1.82) is 0 Å². The summed E-state index contributed by atoms with van der Waals surface area (Å²) in [6, 6.07) is 7.93. The maximum atomic E-state index is 10.8. The van der Waals surface area contributed by atoms with Crippen LogP contribution in [-0.4, -0.2) is 11.7 Å². The summed E-state index contributed by atoms with van der Waals surface area (Å²) in [5.74, 6) is 1.18. The van der Waals surface area contributed by atoms with Crippen LogP contribution in [0.2, 0.25) is 0 Å². The SMILES string of the molecule is CCCOc1ccccc1C(O)C1CCCC1(C)C. The zero-order valence-electron chi connectivity index (χ0n) is 12.4. The van der Waals surface area contributed by atoms with Gasteiger partial charge in [0.15, 0.2) is 0 Å². The van der Waals surface area contributed by atoms with Crippen molar-refractivity contribution in [3.8, 4) is 5.75 Å². The highest BCUT2D eigenvalue weighted by molar-refractivity contribution is 5.35. The molecule has 1 aromatic rings. The van der Waals surface area contributed by atoms with E-state index in [9.17, 15) is 5.11 Å². The van der Waals surface area contributed by atoms with E-state index in [2.05, 4.69) is 20.8 Å². The van der Waals surface area contributed by atoms with Crippen LogP contribution < -0.4 is 4.74 Å². The predicted molar refractivity (Wildman–Crippen MR) is 78.3 cm³/mol. The van der Waals surface area contributed by atoms with Crippen molar-refractivity contribution < 1.29 is 9.84 Å². The summed E-state index contributed by atoms with van der Waals surface area (Å²) in [7, 11) is 0. The molecule has 0 amide bonds. The van der Waals surface area contributed by atoms with E-state index >= 15 is 0 Å². The van der Waals surface area contributed by atoms with Crippen molar-refractivity contribution in [1.82, 2.24) is 0 Å². The fourth-order valence-electron chi connectivity index (χ4n) is 3.22. The Hall–Kier alpha value is -1.02. The van der Waals surface area contributed by atoms with Gasteiger partial charge >= 0.3 is 0 Å². The second-order valence-electron chi connectivity index (χ2n) is 6.32. The number of ether oxygens (including phenoxy) is 1. The van der Waals surface area contributed by atoms with E-state index in [0.717, 1.165) is 24.2 Å². The molecule has 2 nitrogen and oxygen atoms in total. The fraction of sp³-hybridized carbons (Fsp3) is 0.647. The van der Waals surface area contributed by atoms with Crippen molar-refractivity contribution in [2.45, 2.75) is 52.6 Å². The fourth-order valence-corrected chi connectivity index (χ4v) is 3.22. The summed E-state index contributed by atoms with van der Waals surface area (Å²) in [4.78, 5) is 0. The lowest BCUT2D eigenvalue weighted by Gasteiger charge is -2.32. The van der Waals surface area contributed by atoms with Crippen LogP contribution >= 0.6 is 0 Å².